The highest BCUT2D eigenvalue weighted by Crippen LogP contribution is 2.16. The van der Waals surface area contributed by atoms with E-state index in [2.05, 4.69) is 15.5 Å². The van der Waals surface area contributed by atoms with Crippen LogP contribution >= 0.6 is 0 Å². The Morgan fingerprint density at radius 3 is 2.47 bits per heavy atom. The van der Waals surface area contributed by atoms with E-state index in [0.29, 0.717) is 11.4 Å². The van der Waals surface area contributed by atoms with Crippen LogP contribution in [-0.2, 0) is 7.05 Å². The number of hydrogen-bond donors (Lipinski definition) is 1. The van der Waals surface area contributed by atoms with Gasteiger partial charge < -0.3 is 5.73 Å². The van der Waals surface area contributed by atoms with Gasteiger partial charge >= 0.3 is 0 Å². The van der Waals surface area contributed by atoms with Crippen molar-refractivity contribution in [1.29, 1.82) is 0 Å². The quantitative estimate of drug-likeness (QED) is 0.773. The van der Waals surface area contributed by atoms with Crippen molar-refractivity contribution in [2.45, 2.75) is 13.0 Å². The van der Waals surface area contributed by atoms with Crippen LogP contribution in [0.5, 0.6) is 0 Å². The van der Waals surface area contributed by atoms with E-state index in [1.807, 2.05) is 0 Å². The van der Waals surface area contributed by atoms with E-state index in [-0.39, 0.29) is 5.78 Å². The number of benzene rings is 1. The largest absolute Gasteiger partial charge is 0.321 e. The van der Waals surface area contributed by atoms with E-state index in [0.717, 1.165) is 5.56 Å². The number of aryl methyl sites for hydroxylation is 1. The molecular weight excluding hydrogens is 218 g/mol. The molecule has 0 radical (unpaired) electrons. The van der Waals surface area contributed by atoms with Gasteiger partial charge in [0.1, 0.15) is 0 Å². The van der Waals surface area contributed by atoms with Crippen LogP contribution in [0.15, 0.2) is 24.3 Å². The van der Waals surface area contributed by atoms with Gasteiger partial charge in [0.25, 0.3) is 0 Å². The van der Waals surface area contributed by atoms with Crippen LogP contribution in [0.25, 0.3) is 11.4 Å². The first-order valence-corrected chi connectivity index (χ1v) is 5.22. The number of nitrogens with zero attached hydrogens (tertiary/aromatic N) is 4. The molecule has 6 nitrogen and oxygen atoms in total. The van der Waals surface area contributed by atoms with Crippen LogP contribution < -0.4 is 5.73 Å². The molecule has 1 aromatic carbocycles. The number of rotatable bonds is 3. The summed E-state index contributed by atoms with van der Waals surface area (Å²) in [6, 6.07) is 6.59. The van der Waals surface area contributed by atoms with Crippen molar-refractivity contribution in [3.05, 3.63) is 29.8 Å². The fraction of sp³-hybridized carbons (Fsp3) is 0.273. The Balaban J connectivity index is 2.31. The molecule has 17 heavy (non-hydrogen) atoms. The molecule has 0 amide bonds. The SMILES string of the molecule is CC(N)C(=O)c1ccc(-c2nnnn2C)cc1. The summed E-state index contributed by atoms with van der Waals surface area (Å²) in [6.07, 6.45) is 0. The van der Waals surface area contributed by atoms with Crippen LogP contribution in [0.3, 0.4) is 0 Å². The molecule has 88 valence electrons. The molecule has 0 bridgehead atoms. The molecule has 0 aliphatic rings. The maximum absolute atomic E-state index is 11.6. The van der Waals surface area contributed by atoms with Gasteiger partial charge in [-0.3, -0.25) is 4.79 Å². The third-order valence-electron chi connectivity index (χ3n) is 2.46. The second-order valence-electron chi connectivity index (χ2n) is 3.86. The van der Waals surface area contributed by atoms with E-state index in [4.69, 9.17) is 5.73 Å². The first-order chi connectivity index (χ1) is 8.09. The summed E-state index contributed by atoms with van der Waals surface area (Å²) < 4.78 is 1.57. The molecule has 0 aliphatic carbocycles. The maximum atomic E-state index is 11.6. The summed E-state index contributed by atoms with van der Waals surface area (Å²) in [6.45, 7) is 1.67. The van der Waals surface area contributed by atoms with E-state index in [1.54, 1.807) is 42.9 Å². The molecule has 1 aromatic heterocycles. The summed E-state index contributed by atoms with van der Waals surface area (Å²) in [4.78, 5) is 11.6. The van der Waals surface area contributed by atoms with Crippen molar-refractivity contribution >= 4 is 5.78 Å². The van der Waals surface area contributed by atoms with E-state index < -0.39 is 6.04 Å². The number of Topliss-reactive ketones (excluding diaryl/α,β-unsaturated/α-hetero) is 1. The van der Waals surface area contributed by atoms with Gasteiger partial charge in [-0.2, -0.15) is 0 Å². The first kappa shape index (κ1) is 11.4. The number of hydrogen-bond acceptors (Lipinski definition) is 5. The Morgan fingerprint density at radius 2 is 2.00 bits per heavy atom. The van der Waals surface area contributed by atoms with E-state index in [9.17, 15) is 4.79 Å². The number of carbonyl (C=O) groups is 1. The van der Waals surface area contributed by atoms with Crippen LogP contribution in [-0.4, -0.2) is 32.0 Å². The Labute approximate surface area is 98.4 Å². The molecule has 0 saturated heterocycles. The van der Waals surface area contributed by atoms with Gasteiger partial charge in [0.05, 0.1) is 6.04 Å². The summed E-state index contributed by atoms with van der Waals surface area (Å²) >= 11 is 0. The average Bonchev–Trinajstić information content (AvgIpc) is 2.74. The second kappa shape index (κ2) is 4.42. The number of tetrazole rings is 1. The number of ketones is 1. The van der Waals surface area contributed by atoms with Crippen molar-refractivity contribution in [2.75, 3.05) is 0 Å². The Morgan fingerprint density at radius 1 is 1.35 bits per heavy atom. The van der Waals surface area contributed by atoms with Gasteiger partial charge in [0.15, 0.2) is 11.6 Å². The smallest absolute Gasteiger partial charge is 0.181 e. The van der Waals surface area contributed by atoms with Gasteiger partial charge in [0, 0.05) is 18.2 Å². The lowest BCUT2D eigenvalue weighted by Gasteiger charge is -2.05. The number of aromatic nitrogens is 4. The molecule has 6 heteroatoms. The van der Waals surface area contributed by atoms with Crippen LogP contribution in [0, 0.1) is 0 Å². The summed E-state index contributed by atoms with van der Waals surface area (Å²) in [7, 11) is 1.76. The summed E-state index contributed by atoms with van der Waals surface area (Å²) in [5.41, 5.74) is 6.99. The minimum atomic E-state index is -0.489. The van der Waals surface area contributed by atoms with Crippen molar-refractivity contribution < 1.29 is 4.79 Å². The topological polar surface area (TPSA) is 86.7 Å². The van der Waals surface area contributed by atoms with Crippen molar-refractivity contribution in [2.24, 2.45) is 12.8 Å². The lowest BCUT2D eigenvalue weighted by molar-refractivity contribution is 0.0968. The normalized spacial score (nSPS) is 12.4. The lowest BCUT2D eigenvalue weighted by Crippen LogP contribution is -2.26. The van der Waals surface area contributed by atoms with Crippen LogP contribution in [0.2, 0.25) is 0 Å². The highest BCUT2D eigenvalue weighted by Gasteiger charge is 2.11. The molecule has 2 rings (SSSR count). The number of carbonyl (C=O) groups excluding carboxylic acids is 1. The molecule has 0 spiro atoms. The van der Waals surface area contributed by atoms with Gasteiger partial charge in [-0.15, -0.1) is 5.10 Å². The van der Waals surface area contributed by atoms with E-state index in [1.165, 1.54) is 0 Å². The Hall–Kier alpha value is -2.08. The zero-order chi connectivity index (χ0) is 12.4. The van der Waals surface area contributed by atoms with Gasteiger partial charge in [0.2, 0.25) is 0 Å². The second-order valence-corrected chi connectivity index (χ2v) is 3.86. The summed E-state index contributed by atoms with van der Waals surface area (Å²) in [5.74, 6) is 0.581. The number of nitrogens with two attached hydrogens (primary N) is 1. The highest BCUT2D eigenvalue weighted by atomic mass is 16.1. The zero-order valence-electron chi connectivity index (χ0n) is 9.66. The van der Waals surface area contributed by atoms with Gasteiger partial charge in [-0.25, -0.2) is 4.68 Å². The molecule has 0 fully saturated rings. The lowest BCUT2D eigenvalue weighted by atomic mass is 10.0. The van der Waals surface area contributed by atoms with Gasteiger partial charge in [-0.1, -0.05) is 24.3 Å². The first-order valence-electron chi connectivity index (χ1n) is 5.22. The van der Waals surface area contributed by atoms with Crippen LogP contribution in [0.4, 0.5) is 0 Å². The molecule has 1 heterocycles. The molecule has 0 saturated carbocycles. The van der Waals surface area contributed by atoms with E-state index >= 15 is 0 Å². The molecule has 2 N–H and O–H groups in total. The molecule has 0 aliphatic heterocycles. The predicted molar refractivity (Wildman–Crippen MR) is 62.2 cm³/mol. The zero-order valence-corrected chi connectivity index (χ0v) is 9.66. The Bertz CT molecular complexity index is 529. The third-order valence-corrected chi connectivity index (χ3v) is 2.46. The molecule has 1 unspecified atom stereocenters. The summed E-state index contributed by atoms with van der Waals surface area (Å²) in [5, 5.41) is 11.2. The van der Waals surface area contributed by atoms with Crippen molar-refractivity contribution in [3.63, 3.8) is 0 Å². The fourth-order valence-electron chi connectivity index (χ4n) is 1.52. The van der Waals surface area contributed by atoms with Crippen LogP contribution in [0.1, 0.15) is 17.3 Å². The highest BCUT2D eigenvalue weighted by molar-refractivity contribution is 5.99. The van der Waals surface area contributed by atoms with Crippen molar-refractivity contribution in [3.8, 4) is 11.4 Å². The average molecular weight is 231 g/mol. The monoisotopic (exact) mass is 231 g/mol. The minimum absolute atomic E-state index is 0.0763. The molecular formula is C11H13N5O. The standard InChI is InChI=1S/C11H13N5O/c1-7(12)10(17)8-3-5-9(6-4-8)11-13-14-15-16(11)2/h3-7H,12H2,1-2H3. The van der Waals surface area contributed by atoms with Crippen molar-refractivity contribution in [1.82, 2.24) is 20.2 Å². The fourth-order valence-corrected chi connectivity index (χ4v) is 1.52. The molecule has 1 atom stereocenters. The third kappa shape index (κ3) is 2.21. The molecule has 2 aromatic rings. The maximum Gasteiger partial charge on any atom is 0.181 e. The predicted octanol–water partition coefficient (Wildman–Crippen LogP) is 0.407. The minimum Gasteiger partial charge on any atom is -0.321 e. The van der Waals surface area contributed by atoms with Gasteiger partial charge in [-0.05, 0) is 17.4 Å². The Kier molecular flexibility index (Phi) is 2.97.